The fraction of sp³-hybridized carbons (Fsp3) is 0.382. The van der Waals surface area contributed by atoms with Crippen LogP contribution in [-0.2, 0) is 38.7 Å². The molecule has 0 bridgehead atoms. The standard InChI is InChI=1S/C19H17Cl2NO4.C10H12N2O3S.C5H12NO4P/c1-2-26-19(25)16(21)10-11-9-12(7-8-15(11)20)22-17(23)13-5-3-4-6-14(13)18(22)24;1-7(2)12-10(13)8-5-3-4-6-9(8)11-16(12,14)15;1-11(9,10)3-2-4(6)5(7)8/h7-10H,2-6H2,1H3;3-7,11H,1-2H3;4H,2-3,6H2,1H3,(H,7,8)(H,9,10)/b16-10-;;. The van der Waals surface area contributed by atoms with Gasteiger partial charge in [-0.15, -0.1) is 0 Å². The van der Waals surface area contributed by atoms with Crippen molar-refractivity contribution < 1.29 is 51.7 Å². The number of nitrogens with zero attached hydrogens (tertiary/aromatic N) is 2. The van der Waals surface area contributed by atoms with Gasteiger partial charge in [0.1, 0.15) is 11.1 Å². The van der Waals surface area contributed by atoms with E-state index in [1.54, 1.807) is 63.2 Å². The summed E-state index contributed by atoms with van der Waals surface area (Å²) in [5.74, 6) is -2.85. The molecule has 15 nitrogen and oxygen atoms in total. The Kier molecular flexibility index (Phi) is 15.0. The van der Waals surface area contributed by atoms with E-state index in [4.69, 9.17) is 43.7 Å². The first-order valence-corrected chi connectivity index (χ1v) is 20.9. The lowest BCUT2D eigenvalue weighted by Crippen LogP contribution is -2.48. The second-order valence-corrected chi connectivity index (χ2v) is 17.3. The molecule has 288 valence electrons. The summed E-state index contributed by atoms with van der Waals surface area (Å²) in [6.07, 6.45) is 4.45. The second kappa shape index (κ2) is 18.3. The third kappa shape index (κ3) is 11.2. The zero-order valence-electron chi connectivity index (χ0n) is 29.4. The van der Waals surface area contributed by atoms with Crippen LogP contribution >= 0.6 is 30.6 Å². The first-order valence-electron chi connectivity index (χ1n) is 16.4. The van der Waals surface area contributed by atoms with Crippen molar-refractivity contribution in [1.82, 2.24) is 4.31 Å². The van der Waals surface area contributed by atoms with E-state index in [-0.39, 0.29) is 36.0 Å². The average molecular weight is 816 g/mol. The van der Waals surface area contributed by atoms with Crippen LogP contribution in [0, 0.1) is 0 Å². The van der Waals surface area contributed by atoms with Crippen molar-refractivity contribution in [3.05, 3.63) is 74.8 Å². The number of hydrogen-bond donors (Lipinski definition) is 4. The number of halogens is 2. The van der Waals surface area contributed by atoms with E-state index in [1.165, 1.54) is 17.6 Å². The Morgan fingerprint density at radius 3 is 2.17 bits per heavy atom. The topological polar surface area (TPSA) is 231 Å². The zero-order chi connectivity index (χ0) is 39.8. The normalized spacial score (nSPS) is 18.1. The summed E-state index contributed by atoms with van der Waals surface area (Å²) in [6.45, 7) is 6.37. The molecule has 2 aliphatic heterocycles. The molecule has 2 unspecified atom stereocenters. The number of carboxylic acid groups (broad SMARTS) is 1. The Morgan fingerprint density at radius 1 is 1.06 bits per heavy atom. The van der Waals surface area contributed by atoms with Gasteiger partial charge in [0.15, 0.2) is 7.37 Å². The minimum atomic E-state index is -3.75. The number of amides is 3. The van der Waals surface area contributed by atoms with Crippen molar-refractivity contribution in [2.75, 3.05) is 29.1 Å². The number of esters is 1. The van der Waals surface area contributed by atoms with Crippen molar-refractivity contribution in [2.24, 2.45) is 5.73 Å². The molecule has 5 rings (SSSR count). The smallest absolute Gasteiger partial charge is 0.349 e. The fourth-order valence-corrected chi connectivity index (χ4v) is 7.87. The van der Waals surface area contributed by atoms with E-state index in [0.717, 1.165) is 17.1 Å². The molecule has 3 aliphatic rings. The Labute approximate surface area is 317 Å². The highest BCUT2D eigenvalue weighted by Gasteiger charge is 2.40. The van der Waals surface area contributed by atoms with Gasteiger partial charge in [-0.05, 0) is 94.8 Å². The van der Waals surface area contributed by atoms with Crippen LogP contribution in [0.25, 0.3) is 6.08 Å². The molecule has 0 fully saturated rings. The van der Waals surface area contributed by atoms with E-state index in [1.807, 2.05) is 0 Å². The summed E-state index contributed by atoms with van der Waals surface area (Å²) in [4.78, 5) is 69.0. The van der Waals surface area contributed by atoms with Gasteiger partial charge in [0.2, 0.25) is 0 Å². The number of carbonyl (C=O) groups excluding carboxylic acids is 4. The Morgan fingerprint density at radius 2 is 1.64 bits per heavy atom. The molecular weight excluding hydrogens is 774 g/mol. The second-order valence-electron chi connectivity index (χ2n) is 12.4. The number of aliphatic carboxylic acids is 1. The monoisotopic (exact) mass is 814 g/mol. The van der Waals surface area contributed by atoms with Gasteiger partial charge in [-0.1, -0.05) is 35.3 Å². The number of nitrogens with one attached hydrogen (secondary N) is 1. The lowest BCUT2D eigenvalue weighted by molar-refractivity contribution is -0.139. The van der Waals surface area contributed by atoms with E-state index >= 15 is 0 Å². The summed E-state index contributed by atoms with van der Waals surface area (Å²) < 4.78 is 42.3. The molecule has 0 saturated carbocycles. The number of imide groups is 1. The van der Waals surface area contributed by atoms with Crippen LogP contribution in [0.5, 0.6) is 0 Å². The lowest BCUT2D eigenvalue weighted by atomic mass is 9.93. The SMILES string of the molecule is CC(C)N1C(=O)c2ccccc2NS1(=O)=O.CCOC(=O)/C(Cl)=C/c1cc(N2C(=O)C3=C(CCCC3)C2=O)ccc1Cl.CP(=O)(O)CCC(N)C(=O)O. The summed E-state index contributed by atoms with van der Waals surface area (Å²) >= 11 is 12.1. The summed E-state index contributed by atoms with van der Waals surface area (Å²) in [5.41, 5.74) is 7.85. The number of para-hydroxylation sites is 1. The predicted molar refractivity (Wildman–Crippen MR) is 201 cm³/mol. The molecule has 0 saturated heterocycles. The number of fused-ring (bicyclic) bond motifs is 1. The van der Waals surface area contributed by atoms with Crippen molar-refractivity contribution in [3.8, 4) is 0 Å². The van der Waals surface area contributed by atoms with Crippen molar-refractivity contribution in [1.29, 1.82) is 0 Å². The molecule has 2 aromatic rings. The minimum Gasteiger partial charge on any atom is -0.480 e. The Hall–Kier alpha value is -4.05. The number of carbonyl (C=O) groups is 5. The van der Waals surface area contributed by atoms with Crippen LogP contribution in [0.4, 0.5) is 11.4 Å². The van der Waals surface area contributed by atoms with E-state index in [0.29, 0.717) is 51.5 Å². The van der Waals surface area contributed by atoms with Crippen LogP contribution in [-0.4, -0.2) is 83.9 Å². The maximum atomic E-state index is 12.7. The number of rotatable bonds is 9. The van der Waals surface area contributed by atoms with Crippen molar-refractivity contribution >= 4 is 87.9 Å². The van der Waals surface area contributed by atoms with E-state index < -0.39 is 47.5 Å². The van der Waals surface area contributed by atoms with Crippen molar-refractivity contribution in [2.45, 2.75) is 65.0 Å². The van der Waals surface area contributed by atoms with Crippen LogP contribution in [0.3, 0.4) is 0 Å². The third-order valence-electron chi connectivity index (χ3n) is 7.88. The first kappa shape index (κ1) is 43.4. The van der Waals surface area contributed by atoms with Gasteiger partial charge in [-0.3, -0.25) is 28.5 Å². The summed E-state index contributed by atoms with van der Waals surface area (Å²) in [5, 5.41) is 8.49. The maximum Gasteiger partial charge on any atom is 0.349 e. The molecule has 0 radical (unpaired) electrons. The first-order chi connectivity index (χ1) is 24.7. The van der Waals surface area contributed by atoms with E-state index in [9.17, 15) is 37.0 Å². The molecule has 3 amide bonds. The zero-order valence-corrected chi connectivity index (χ0v) is 32.6. The minimum absolute atomic E-state index is 0.0412. The molecular formula is C34H41Cl2N4O11PS. The number of carboxylic acids is 1. The Bertz CT molecular complexity index is 1970. The molecule has 2 aromatic carbocycles. The highest BCUT2D eigenvalue weighted by atomic mass is 35.5. The molecule has 2 heterocycles. The van der Waals surface area contributed by atoms with Gasteiger partial charge in [0.25, 0.3) is 17.7 Å². The number of hydrogen-bond acceptors (Lipinski definition) is 10. The highest BCUT2D eigenvalue weighted by Crippen LogP contribution is 2.37. The van der Waals surface area contributed by atoms with Crippen LogP contribution < -0.4 is 15.4 Å². The Balaban J connectivity index is 0.000000239. The van der Waals surface area contributed by atoms with Crippen LogP contribution in [0.2, 0.25) is 5.02 Å². The lowest BCUT2D eigenvalue weighted by Gasteiger charge is -2.31. The number of anilines is 2. The molecule has 5 N–H and O–H groups in total. The summed E-state index contributed by atoms with van der Waals surface area (Å²) in [7, 11) is -6.85. The third-order valence-corrected chi connectivity index (χ3v) is 11.2. The van der Waals surface area contributed by atoms with Gasteiger partial charge >= 0.3 is 22.1 Å². The van der Waals surface area contributed by atoms with Crippen LogP contribution in [0.15, 0.2) is 58.6 Å². The molecule has 19 heteroatoms. The molecule has 0 spiro atoms. The molecule has 1 aliphatic carbocycles. The highest BCUT2D eigenvalue weighted by molar-refractivity contribution is 7.91. The summed E-state index contributed by atoms with van der Waals surface area (Å²) in [6, 6.07) is 9.86. The maximum absolute atomic E-state index is 12.7. The quantitative estimate of drug-likeness (QED) is 0.112. The molecule has 2 atom stereocenters. The number of benzene rings is 2. The van der Waals surface area contributed by atoms with Gasteiger partial charge in [0.05, 0.1) is 23.5 Å². The largest absolute Gasteiger partial charge is 0.480 e. The predicted octanol–water partition coefficient (Wildman–Crippen LogP) is 5.12. The van der Waals surface area contributed by atoms with Gasteiger partial charge in [-0.25, -0.2) is 14.0 Å². The van der Waals surface area contributed by atoms with E-state index in [2.05, 4.69) is 4.72 Å². The molecule has 53 heavy (non-hydrogen) atoms. The molecule has 0 aromatic heterocycles. The van der Waals surface area contributed by atoms with Gasteiger partial charge in [-0.2, -0.15) is 8.42 Å². The van der Waals surface area contributed by atoms with Gasteiger partial charge < -0.3 is 20.5 Å². The fourth-order valence-electron chi connectivity index (χ4n) is 5.34. The van der Waals surface area contributed by atoms with Gasteiger partial charge in [0, 0.05) is 35.0 Å². The van der Waals surface area contributed by atoms with Crippen molar-refractivity contribution in [3.63, 3.8) is 0 Å². The number of ether oxygens (including phenoxy) is 1. The van der Waals surface area contributed by atoms with Crippen LogP contribution in [0.1, 0.15) is 68.8 Å². The number of nitrogens with two attached hydrogens (primary N) is 1. The average Bonchev–Trinajstić information content (AvgIpc) is 3.33.